The lowest BCUT2D eigenvalue weighted by atomic mass is 9.92. The maximum Gasteiger partial charge on any atom is 0.344 e. The summed E-state index contributed by atoms with van der Waals surface area (Å²) in [6, 6.07) is 11.8. The SMILES string of the molecule is COc1ccc([C@]2(C)NC(=O)N(NC(=O)Cc3coc4cc(C)ccc34)C2=O)cc1. The Bertz CT molecular complexity index is 1150. The van der Waals surface area contributed by atoms with Crippen LogP contribution in [0.25, 0.3) is 11.0 Å². The molecule has 2 heterocycles. The lowest BCUT2D eigenvalue weighted by Crippen LogP contribution is -2.48. The van der Waals surface area contributed by atoms with E-state index in [1.165, 1.54) is 6.26 Å². The van der Waals surface area contributed by atoms with Crippen LogP contribution in [0.2, 0.25) is 0 Å². The lowest BCUT2D eigenvalue weighted by Gasteiger charge is -2.22. The van der Waals surface area contributed by atoms with Gasteiger partial charge in [0.1, 0.15) is 16.9 Å². The van der Waals surface area contributed by atoms with Crippen molar-refractivity contribution in [3.05, 3.63) is 65.4 Å². The van der Waals surface area contributed by atoms with Crippen LogP contribution >= 0.6 is 0 Å². The van der Waals surface area contributed by atoms with Crippen molar-refractivity contribution in [3.63, 3.8) is 0 Å². The van der Waals surface area contributed by atoms with Gasteiger partial charge in [0.25, 0.3) is 5.91 Å². The Balaban J connectivity index is 1.50. The molecular formula is C22H21N3O5. The molecule has 4 rings (SSSR count). The molecule has 0 radical (unpaired) electrons. The minimum atomic E-state index is -1.30. The summed E-state index contributed by atoms with van der Waals surface area (Å²) in [5, 5.41) is 4.18. The number of amides is 4. The first-order chi connectivity index (χ1) is 14.3. The zero-order valence-electron chi connectivity index (χ0n) is 16.8. The van der Waals surface area contributed by atoms with Crippen LogP contribution < -0.4 is 15.5 Å². The van der Waals surface area contributed by atoms with E-state index in [1.54, 1.807) is 38.3 Å². The van der Waals surface area contributed by atoms with E-state index in [9.17, 15) is 14.4 Å². The average molecular weight is 407 g/mol. The topological polar surface area (TPSA) is 101 Å². The predicted octanol–water partition coefficient (Wildman–Crippen LogP) is 2.79. The Kier molecular flexibility index (Phi) is 4.69. The minimum Gasteiger partial charge on any atom is -0.497 e. The van der Waals surface area contributed by atoms with Crippen molar-refractivity contribution in [2.24, 2.45) is 0 Å². The highest BCUT2D eigenvalue weighted by Gasteiger charge is 2.50. The summed E-state index contributed by atoms with van der Waals surface area (Å²) in [6.07, 6.45) is 1.48. The molecule has 0 aliphatic carbocycles. The second kappa shape index (κ2) is 7.22. The smallest absolute Gasteiger partial charge is 0.344 e. The van der Waals surface area contributed by atoms with E-state index >= 15 is 0 Å². The van der Waals surface area contributed by atoms with Crippen LogP contribution in [0.1, 0.15) is 23.6 Å². The van der Waals surface area contributed by atoms with Gasteiger partial charge in [-0.2, -0.15) is 5.01 Å². The molecule has 30 heavy (non-hydrogen) atoms. The summed E-state index contributed by atoms with van der Waals surface area (Å²) in [7, 11) is 1.54. The highest BCUT2D eigenvalue weighted by molar-refractivity contribution is 6.08. The number of hydrogen-bond donors (Lipinski definition) is 2. The highest BCUT2D eigenvalue weighted by atomic mass is 16.5. The van der Waals surface area contributed by atoms with Gasteiger partial charge in [0.2, 0.25) is 5.91 Å². The molecule has 1 saturated heterocycles. The molecule has 1 aromatic heterocycles. The summed E-state index contributed by atoms with van der Waals surface area (Å²) >= 11 is 0. The van der Waals surface area contributed by atoms with Crippen molar-refractivity contribution in [1.29, 1.82) is 0 Å². The first-order valence-corrected chi connectivity index (χ1v) is 9.39. The van der Waals surface area contributed by atoms with E-state index in [-0.39, 0.29) is 6.42 Å². The van der Waals surface area contributed by atoms with E-state index in [0.717, 1.165) is 16.0 Å². The summed E-state index contributed by atoms with van der Waals surface area (Å²) in [4.78, 5) is 37.9. The Hall–Kier alpha value is -3.81. The third-order valence-corrected chi connectivity index (χ3v) is 5.26. The zero-order valence-corrected chi connectivity index (χ0v) is 16.8. The van der Waals surface area contributed by atoms with Gasteiger partial charge in [0, 0.05) is 10.9 Å². The van der Waals surface area contributed by atoms with Crippen molar-refractivity contribution >= 4 is 28.8 Å². The van der Waals surface area contributed by atoms with Gasteiger partial charge in [-0.15, -0.1) is 0 Å². The van der Waals surface area contributed by atoms with E-state index in [0.29, 0.717) is 22.5 Å². The number of carbonyl (C=O) groups is 3. The molecule has 2 N–H and O–H groups in total. The van der Waals surface area contributed by atoms with Crippen LogP contribution in [0.15, 0.2) is 53.1 Å². The predicted molar refractivity (Wildman–Crippen MR) is 109 cm³/mol. The molecule has 3 aromatic rings. The maximum absolute atomic E-state index is 13.0. The molecule has 8 heteroatoms. The second-order valence-corrected chi connectivity index (χ2v) is 7.40. The summed E-state index contributed by atoms with van der Waals surface area (Å²) in [6.45, 7) is 3.54. The number of imide groups is 1. The number of benzene rings is 2. The molecule has 0 spiro atoms. The largest absolute Gasteiger partial charge is 0.497 e. The molecule has 1 aliphatic rings. The number of hydrazine groups is 1. The molecule has 8 nitrogen and oxygen atoms in total. The fourth-order valence-corrected chi connectivity index (χ4v) is 3.53. The van der Waals surface area contributed by atoms with Crippen LogP contribution in [0.5, 0.6) is 5.75 Å². The molecule has 0 unspecified atom stereocenters. The molecule has 0 saturated carbocycles. The fourth-order valence-electron chi connectivity index (χ4n) is 3.53. The molecule has 0 bridgehead atoms. The molecular weight excluding hydrogens is 386 g/mol. The fraction of sp³-hybridized carbons (Fsp3) is 0.227. The van der Waals surface area contributed by atoms with Gasteiger partial charge in [-0.05, 0) is 43.2 Å². The zero-order chi connectivity index (χ0) is 21.5. The van der Waals surface area contributed by atoms with Gasteiger partial charge in [0.05, 0.1) is 19.8 Å². The number of furan rings is 1. The first-order valence-electron chi connectivity index (χ1n) is 9.39. The molecule has 4 amide bonds. The van der Waals surface area contributed by atoms with Gasteiger partial charge >= 0.3 is 6.03 Å². The summed E-state index contributed by atoms with van der Waals surface area (Å²) < 4.78 is 10.6. The summed E-state index contributed by atoms with van der Waals surface area (Å²) in [5.74, 6) is -0.439. The Morgan fingerprint density at radius 1 is 1.20 bits per heavy atom. The second-order valence-electron chi connectivity index (χ2n) is 7.40. The summed E-state index contributed by atoms with van der Waals surface area (Å²) in [5.41, 5.74) is 4.09. The van der Waals surface area contributed by atoms with Crippen LogP contribution in [0.3, 0.4) is 0 Å². The van der Waals surface area contributed by atoms with Crippen molar-refractivity contribution < 1.29 is 23.5 Å². The molecule has 2 aromatic carbocycles. The first kappa shape index (κ1) is 19.5. The van der Waals surface area contributed by atoms with E-state index in [4.69, 9.17) is 9.15 Å². The average Bonchev–Trinajstić information content (AvgIpc) is 3.21. The molecule has 1 aliphatic heterocycles. The van der Waals surface area contributed by atoms with Crippen molar-refractivity contribution in [1.82, 2.24) is 15.8 Å². The van der Waals surface area contributed by atoms with Gasteiger partial charge in [-0.25, -0.2) is 4.79 Å². The Morgan fingerprint density at radius 2 is 1.93 bits per heavy atom. The highest BCUT2D eigenvalue weighted by Crippen LogP contribution is 2.29. The Morgan fingerprint density at radius 3 is 2.63 bits per heavy atom. The quantitative estimate of drug-likeness (QED) is 0.634. The van der Waals surface area contributed by atoms with Gasteiger partial charge in [-0.1, -0.05) is 24.3 Å². The number of ether oxygens (including phenoxy) is 1. The van der Waals surface area contributed by atoms with Crippen LogP contribution in [0, 0.1) is 6.92 Å². The molecule has 1 atom stereocenters. The number of nitrogens with zero attached hydrogens (tertiary/aromatic N) is 1. The van der Waals surface area contributed by atoms with Crippen LogP contribution in [0.4, 0.5) is 4.79 Å². The van der Waals surface area contributed by atoms with Gasteiger partial charge in [0.15, 0.2) is 0 Å². The number of methoxy groups -OCH3 is 1. The number of hydrogen-bond acceptors (Lipinski definition) is 5. The number of carbonyl (C=O) groups excluding carboxylic acids is 3. The van der Waals surface area contributed by atoms with E-state index in [1.807, 2.05) is 25.1 Å². The Labute approximate surface area is 172 Å². The third-order valence-electron chi connectivity index (χ3n) is 5.26. The van der Waals surface area contributed by atoms with Crippen molar-refractivity contribution in [2.75, 3.05) is 7.11 Å². The van der Waals surface area contributed by atoms with Crippen LogP contribution in [-0.4, -0.2) is 30.0 Å². The van der Waals surface area contributed by atoms with Crippen LogP contribution in [-0.2, 0) is 21.5 Å². The maximum atomic E-state index is 13.0. The van der Waals surface area contributed by atoms with E-state index < -0.39 is 23.4 Å². The van der Waals surface area contributed by atoms with Crippen molar-refractivity contribution in [3.8, 4) is 5.75 Å². The van der Waals surface area contributed by atoms with E-state index in [2.05, 4.69) is 10.7 Å². The lowest BCUT2D eigenvalue weighted by molar-refractivity contribution is -0.138. The number of fused-ring (bicyclic) bond motifs is 1. The molecule has 154 valence electrons. The standard InChI is InChI=1S/C22H21N3O5/c1-13-4-9-17-14(12-30-18(17)10-13)11-19(26)24-25-20(27)22(2,23-21(25)28)15-5-7-16(29-3)8-6-15/h4-10,12H,11H2,1-3H3,(H,23,28)(H,24,26)/t22-/m0/s1. The van der Waals surface area contributed by atoms with Gasteiger partial charge in [-0.3, -0.25) is 15.0 Å². The number of rotatable bonds is 5. The number of urea groups is 1. The normalized spacial score (nSPS) is 18.6. The monoisotopic (exact) mass is 407 g/mol. The van der Waals surface area contributed by atoms with Crippen molar-refractivity contribution in [2.45, 2.75) is 25.8 Å². The minimum absolute atomic E-state index is 0.0353. The van der Waals surface area contributed by atoms with Gasteiger partial charge < -0.3 is 14.5 Å². The third kappa shape index (κ3) is 3.26. The number of aryl methyl sites for hydroxylation is 1. The number of nitrogens with one attached hydrogen (secondary N) is 2. The molecule has 1 fully saturated rings.